The molecule has 4 heteroatoms. The first kappa shape index (κ1) is 12.7. The number of aryl methyl sites for hydroxylation is 1. The van der Waals surface area contributed by atoms with Crippen molar-refractivity contribution in [3.63, 3.8) is 0 Å². The highest BCUT2D eigenvalue weighted by atomic mass is 79.9. The van der Waals surface area contributed by atoms with Gasteiger partial charge in [0.2, 0.25) is 0 Å². The molecule has 94 valence electrons. The van der Waals surface area contributed by atoms with Crippen LogP contribution in [0.3, 0.4) is 0 Å². The van der Waals surface area contributed by atoms with Crippen molar-refractivity contribution in [1.82, 2.24) is 5.32 Å². The molecule has 3 nitrogen and oxygen atoms in total. The van der Waals surface area contributed by atoms with Gasteiger partial charge in [0, 0.05) is 0 Å². The zero-order chi connectivity index (χ0) is 12.1. The second-order valence-electron chi connectivity index (χ2n) is 4.16. The zero-order valence-corrected chi connectivity index (χ0v) is 11.7. The van der Waals surface area contributed by atoms with Crippen molar-refractivity contribution < 1.29 is 9.47 Å². The lowest BCUT2D eigenvalue weighted by Gasteiger charge is -2.20. The normalized spacial score (nSPS) is 13.8. The minimum atomic E-state index is 0.632. The van der Waals surface area contributed by atoms with Gasteiger partial charge < -0.3 is 14.8 Å². The standard InChI is InChI=1S/C13H18BrNO2/c1-15-5-3-2-4-10-8-11(14)13-12(9-10)16-6-7-17-13/h8-9,15H,2-7H2,1H3. The molecule has 17 heavy (non-hydrogen) atoms. The Balaban J connectivity index is 2.01. The van der Waals surface area contributed by atoms with Gasteiger partial charge in [-0.2, -0.15) is 0 Å². The van der Waals surface area contributed by atoms with Crippen LogP contribution in [0.15, 0.2) is 16.6 Å². The Morgan fingerprint density at radius 1 is 1.24 bits per heavy atom. The third kappa shape index (κ3) is 3.36. The minimum Gasteiger partial charge on any atom is -0.486 e. The second-order valence-corrected chi connectivity index (χ2v) is 5.02. The van der Waals surface area contributed by atoms with E-state index >= 15 is 0 Å². The molecule has 0 saturated carbocycles. The fourth-order valence-corrected chi connectivity index (χ4v) is 2.54. The van der Waals surface area contributed by atoms with E-state index in [2.05, 4.69) is 33.4 Å². The number of nitrogens with one attached hydrogen (secondary N) is 1. The van der Waals surface area contributed by atoms with Crippen LogP contribution in [0.2, 0.25) is 0 Å². The quantitative estimate of drug-likeness (QED) is 0.848. The Bertz CT molecular complexity index is 382. The number of ether oxygens (including phenoxy) is 2. The average molecular weight is 300 g/mol. The molecule has 1 aliphatic heterocycles. The van der Waals surface area contributed by atoms with Crippen LogP contribution in [-0.4, -0.2) is 26.8 Å². The van der Waals surface area contributed by atoms with Crippen molar-refractivity contribution in [2.45, 2.75) is 19.3 Å². The third-order valence-corrected chi connectivity index (χ3v) is 3.39. The summed E-state index contributed by atoms with van der Waals surface area (Å²) in [6.45, 7) is 2.35. The average Bonchev–Trinajstić information content (AvgIpc) is 2.35. The van der Waals surface area contributed by atoms with Crippen LogP contribution in [0.4, 0.5) is 0 Å². The molecule has 2 rings (SSSR count). The predicted octanol–water partition coefficient (Wildman–Crippen LogP) is 2.76. The number of hydrogen-bond donors (Lipinski definition) is 1. The number of rotatable bonds is 5. The Kier molecular flexibility index (Phi) is 4.68. The maximum absolute atomic E-state index is 5.61. The summed E-state index contributed by atoms with van der Waals surface area (Å²) in [5.41, 5.74) is 1.30. The molecule has 0 amide bonds. The van der Waals surface area contributed by atoms with Gasteiger partial charge in [-0.05, 0) is 66.5 Å². The van der Waals surface area contributed by atoms with Gasteiger partial charge in [-0.15, -0.1) is 0 Å². The van der Waals surface area contributed by atoms with Crippen molar-refractivity contribution in [2.75, 3.05) is 26.8 Å². The van der Waals surface area contributed by atoms with Gasteiger partial charge in [-0.25, -0.2) is 0 Å². The monoisotopic (exact) mass is 299 g/mol. The van der Waals surface area contributed by atoms with E-state index in [0.29, 0.717) is 13.2 Å². The molecule has 0 unspecified atom stereocenters. The maximum atomic E-state index is 5.61. The number of hydrogen-bond acceptors (Lipinski definition) is 3. The van der Waals surface area contributed by atoms with Gasteiger partial charge in [0.15, 0.2) is 11.5 Å². The van der Waals surface area contributed by atoms with Gasteiger partial charge in [0.1, 0.15) is 13.2 Å². The molecule has 0 atom stereocenters. The van der Waals surface area contributed by atoms with Crippen molar-refractivity contribution in [1.29, 1.82) is 0 Å². The summed E-state index contributed by atoms with van der Waals surface area (Å²) in [6, 6.07) is 4.23. The molecule has 1 heterocycles. The first-order valence-electron chi connectivity index (χ1n) is 6.04. The van der Waals surface area contributed by atoms with Crippen molar-refractivity contribution in [3.05, 3.63) is 22.2 Å². The number of halogens is 1. The van der Waals surface area contributed by atoms with E-state index < -0.39 is 0 Å². The van der Waals surface area contributed by atoms with E-state index in [1.54, 1.807) is 0 Å². The Morgan fingerprint density at radius 2 is 2.06 bits per heavy atom. The molecular formula is C13H18BrNO2. The number of benzene rings is 1. The highest BCUT2D eigenvalue weighted by Gasteiger charge is 2.15. The molecule has 0 aromatic heterocycles. The van der Waals surface area contributed by atoms with Crippen molar-refractivity contribution in [2.24, 2.45) is 0 Å². The van der Waals surface area contributed by atoms with E-state index in [-0.39, 0.29) is 0 Å². The van der Waals surface area contributed by atoms with Crippen LogP contribution < -0.4 is 14.8 Å². The predicted molar refractivity (Wildman–Crippen MR) is 72.0 cm³/mol. The Morgan fingerprint density at radius 3 is 2.88 bits per heavy atom. The Hall–Kier alpha value is -0.740. The summed E-state index contributed by atoms with van der Waals surface area (Å²) in [6.07, 6.45) is 3.46. The summed E-state index contributed by atoms with van der Waals surface area (Å²) >= 11 is 3.54. The van der Waals surface area contributed by atoms with Crippen LogP contribution in [-0.2, 0) is 6.42 Å². The van der Waals surface area contributed by atoms with Crippen LogP contribution >= 0.6 is 15.9 Å². The fraction of sp³-hybridized carbons (Fsp3) is 0.538. The van der Waals surface area contributed by atoms with Gasteiger partial charge in [0.25, 0.3) is 0 Å². The third-order valence-electron chi connectivity index (χ3n) is 2.80. The molecule has 0 bridgehead atoms. The summed E-state index contributed by atoms with van der Waals surface area (Å²) < 4.78 is 12.2. The number of fused-ring (bicyclic) bond motifs is 1. The van der Waals surface area contributed by atoms with Gasteiger partial charge in [0.05, 0.1) is 4.47 Å². The second kappa shape index (κ2) is 6.26. The topological polar surface area (TPSA) is 30.5 Å². The Labute approximate surface area is 111 Å². The van der Waals surface area contributed by atoms with Crippen LogP contribution in [0.25, 0.3) is 0 Å². The largest absolute Gasteiger partial charge is 0.486 e. The fourth-order valence-electron chi connectivity index (χ4n) is 1.94. The lowest BCUT2D eigenvalue weighted by molar-refractivity contribution is 0.170. The molecule has 0 aliphatic carbocycles. The van der Waals surface area contributed by atoms with Gasteiger partial charge >= 0.3 is 0 Å². The van der Waals surface area contributed by atoms with Crippen LogP contribution in [0.5, 0.6) is 11.5 Å². The molecule has 0 fully saturated rings. The first-order valence-corrected chi connectivity index (χ1v) is 6.83. The van der Waals surface area contributed by atoms with Crippen LogP contribution in [0, 0.1) is 0 Å². The lowest BCUT2D eigenvalue weighted by Crippen LogP contribution is -2.16. The first-order chi connectivity index (χ1) is 8.31. The molecule has 1 aliphatic rings. The summed E-state index contributed by atoms with van der Waals surface area (Å²) in [5.74, 6) is 1.71. The highest BCUT2D eigenvalue weighted by Crippen LogP contribution is 2.38. The van der Waals surface area contributed by atoms with Gasteiger partial charge in [-0.1, -0.05) is 0 Å². The summed E-state index contributed by atoms with van der Waals surface area (Å²) in [7, 11) is 1.99. The van der Waals surface area contributed by atoms with Gasteiger partial charge in [-0.3, -0.25) is 0 Å². The number of unbranched alkanes of at least 4 members (excludes halogenated alkanes) is 1. The summed E-state index contributed by atoms with van der Waals surface area (Å²) in [5, 5.41) is 3.16. The van der Waals surface area contributed by atoms with E-state index in [9.17, 15) is 0 Å². The molecule has 1 aromatic rings. The van der Waals surface area contributed by atoms with Crippen molar-refractivity contribution in [3.8, 4) is 11.5 Å². The highest BCUT2D eigenvalue weighted by molar-refractivity contribution is 9.10. The molecule has 0 radical (unpaired) electrons. The maximum Gasteiger partial charge on any atom is 0.175 e. The molecule has 0 saturated heterocycles. The molecule has 1 aromatic carbocycles. The molecule has 1 N–H and O–H groups in total. The van der Waals surface area contributed by atoms with E-state index in [4.69, 9.17) is 9.47 Å². The van der Waals surface area contributed by atoms with E-state index in [0.717, 1.165) is 28.9 Å². The van der Waals surface area contributed by atoms with E-state index in [1.165, 1.54) is 18.4 Å². The molecule has 0 spiro atoms. The molecular weight excluding hydrogens is 282 g/mol. The van der Waals surface area contributed by atoms with Crippen LogP contribution in [0.1, 0.15) is 18.4 Å². The smallest absolute Gasteiger partial charge is 0.175 e. The van der Waals surface area contributed by atoms with E-state index in [1.807, 2.05) is 7.05 Å². The SMILES string of the molecule is CNCCCCc1cc(Br)c2c(c1)OCCO2. The zero-order valence-electron chi connectivity index (χ0n) is 10.1. The minimum absolute atomic E-state index is 0.632. The van der Waals surface area contributed by atoms with Crippen molar-refractivity contribution >= 4 is 15.9 Å². The summed E-state index contributed by atoms with van der Waals surface area (Å²) in [4.78, 5) is 0. The lowest BCUT2D eigenvalue weighted by atomic mass is 10.1.